The van der Waals surface area contributed by atoms with Crippen molar-refractivity contribution in [1.29, 1.82) is 0 Å². The Bertz CT molecular complexity index is 471. The standard InChI is InChI=1S/C10H10N2O3/c1-2-12-6-7(10(13)14)9(11-12)8-4-3-5-15-8/h3-6H,2H2,1H3,(H,13,14). The lowest BCUT2D eigenvalue weighted by Gasteiger charge is -1.92. The van der Waals surface area contributed by atoms with Crippen LogP contribution < -0.4 is 0 Å². The Hall–Kier alpha value is -2.04. The molecule has 5 heteroatoms. The molecule has 2 heterocycles. The van der Waals surface area contributed by atoms with Gasteiger partial charge in [0.05, 0.1) is 6.26 Å². The van der Waals surface area contributed by atoms with Crippen LogP contribution in [0, 0.1) is 0 Å². The predicted octanol–water partition coefficient (Wildman–Crippen LogP) is 1.86. The number of carbonyl (C=O) groups is 1. The van der Waals surface area contributed by atoms with Crippen LogP contribution in [0.15, 0.2) is 29.0 Å². The zero-order chi connectivity index (χ0) is 10.8. The molecular weight excluding hydrogens is 196 g/mol. The van der Waals surface area contributed by atoms with Crippen LogP contribution in [-0.4, -0.2) is 20.9 Å². The first kappa shape index (κ1) is 9.51. The number of nitrogens with zero attached hydrogens (tertiary/aromatic N) is 2. The highest BCUT2D eigenvalue weighted by Gasteiger charge is 2.18. The number of aryl methyl sites for hydroxylation is 1. The molecule has 0 fully saturated rings. The Labute approximate surface area is 85.9 Å². The van der Waals surface area contributed by atoms with Crippen molar-refractivity contribution in [2.45, 2.75) is 13.5 Å². The Morgan fingerprint density at radius 1 is 1.67 bits per heavy atom. The summed E-state index contributed by atoms with van der Waals surface area (Å²) in [5, 5.41) is 13.1. The quantitative estimate of drug-likeness (QED) is 0.832. The predicted molar refractivity (Wildman–Crippen MR) is 52.6 cm³/mol. The summed E-state index contributed by atoms with van der Waals surface area (Å²) in [5.41, 5.74) is 0.529. The zero-order valence-electron chi connectivity index (χ0n) is 8.17. The molecule has 0 saturated heterocycles. The fourth-order valence-electron chi connectivity index (χ4n) is 1.34. The third kappa shape index (κ3) is 1.63. The minimum Gasteiger partial charge on any atom is -0.478 e. The number of aromatic carboxylic acids is 1. The van der Waals surface area contributed by atoms with Gasteiger partial charge in [0, 0.05) is 12.7 Å². The molecule has 0 spiro atoms. The van der Waals surface area contributed by atoms with Crippen molar-refractivity contribution in [2.24, 2.45) is 0 Å². The summed E-state index contributed by atoms with van der Waals surface area (Å²) in [6, 6.07) is 3.39. The lowest BCUT2D eigenvalue weighted by Crippen LogP contribution is -1.96. The molecule has 5 nitrogen and oxygen atoms in total. The van der Waals surface area contributed by atoms with E-state index in [1.807, 2.05) is 6.92 Å². The first-order valence-corrected chi connectivity index (χ1v) is 4.57. The molecular formula is C10H10N2O3. The van der Waals surface area contributed by atoms with Gasteiger partial charge in [-0.3, -0.25) is 4.68 Å². The molecule has 2 aromatic heterocycles. The Morgan fingerprint density at radius 3 is 3.00 bits per heavy atom. The smallest absolute Gasteiger partial charge is 0.339 e. The van der Waals surface area contributed by atoms with Crippen LogP contribution in [0.4, 0.5) is 0 Å². The third-order valence-corrected chi connectivity index (χ3v) is 2.07. The molecule has 2 rings (SSSR count). The van der Waals surface area contributed by atoms with E-state index in [1.54, 1.807) is 16.8 Å². The van der Waals surface area contributed by atoms with Crippen molar-refractivity contribution >= 4 is 5.97 Å². The highest BCUT2D eigenvalue weighted by Crippen LogP contribution is 2.22. The maximum Gasteiger partial charge on any atom is 0.339 e. The number of aromatic nitrogens is 2. The number of carboxylic acids is 1. The first-order valence-electron chi connectivity index (χ1n) is 4.57. The molecule has 1 N–H and O–H groups in total. The van der Waals surface area contributed by atoms with Crippen molar-refractivity contribution in [1.82, 2.24) is 9.78 Å². The van der Waals surface area contributed by atoms with Gasteiger partial charge in [-0.15, -0.1) is 0 Å². The first-order chi connectivity index (χ1) is 7.22. The van der Waals surface area contributed by atoms with Gasteiger partial charge in [-0.25, -0.2) is 4.79 Å². The van der Waals surface area contributed by atoms with E-state index in [0.29, 0.717) is 18.0 Å². The monoisotopic (exact) mass is 206 g/mol. The van der Waals surface area contributed by atoms with E-state index in [2.05, 4.69) is 5.10 Å². The van der Waals surface area contributed by atoms with Crippen LogP contribution in [0.2, 0.25) is 0 Å². The summed E-state index contributed by atoms with van der Waals surface area (Å²) in [4.78, 5) is 11.0. The Morgan fingerprint density at radius 2 is 2.47 bits per heavy atom. The number of rotatable bonds is 3. The topological polar surface area (TPSA) is 68.3 Å². The highest BCUT2D eigenvalue weighted by atomic mass is 16.4. The molecule has 0 aliphatic carbocycles. The molecule has 0 bridgehead atoms. The molecule has 0 aliphatic rings. The summed E-state index contributed by atoms with van der Waals surface area (Å²) in [5.74, 6) is -0.527. The van der Waals surface area contributed by atoms with Crippen molar-refractivity contribution in [3.8, 4) is 11.5 Å². The summed E-state index contributed by atoms with van der Waals surface area (Å²) >= 11 is 0. The van der Waals surface area contributed by atoms with Crippen molar-refractivity contribution in [3.05, 3.63) is 30.2 Å². The van der Waals surface area contributed by atoms with Crippen LogP contribution in [-0.2, 0) is 6.54 Å². The lowest BCUT2D eigenvalue weighted by atomic mass is 10.2. The Kier molecular flexibility index (Phi) is 2.29. The molecule has 15 heavy (non-hydrogen) atoms. The molecule has 0 aromatic carbocycles. The van der Waals surface area contributed by atoms with Crippen LogP contribution in [0.3, 0.4) is 0 Å². The van der Waals surface area contributed by atoms with E-state index in [4.69, 9.17) is 9.52 Å². The molecule has 0 unspecified atom stereocenters. The lowest BCUT2D eigenvalue weighted by molar-refractivity contribution is 0.0697. The maximum atomic E-state index is 11.0. The summed E-state index contributed by atoms with van der Waals surface area (Å²) < 4.78 is 6.70. The normalized spacial score (nSPS) is 10.5. The van der Waals surface area contributed by atoms with E-state index in [9.17, 15) is 4.79 Å². The number of carboxylic acid groups (broad SMARTS) is 1. The Balaban J connectivity index is 2.54. The molecule has 0 saturated carbocycles. The fraction of sp³-hybridized carbons (Fsp3) is 0.200. The summed E-state index contributed by atoms with van der Waals surface area (Å²) in [7, 11) is 0. The van der Waals surface area contributed by atoms with E-state index in [-0.39, 0.29) is 5.56 Å². The van der Waals surface area contributed by atoms with Crippen LogP contribution in [0.25, 0.3) is 11.5 Å². The van der Waals surface area contributed by atoms with Crippen LogP contribution in [0.5, 0.6) is 0 Å². The van der Waals surface area contributed by atoms with Crippen LogP contribution in [0.1, 0.15) is 17.3 Å². The molecule has 0 atom stereocenters. The average molecular weight is 206 g/mol. The second-order valence-corrected chi connectivity index (χ2v) is 3.03. The van der Waals surface area contributed by atoms with E-state index in [0.717, 1.165) is 0 Å². The number of hydrogen-bond acceptors (Lipinski definition) is 3. The van der Waals surface area contributed by atoms with Gasteiger partial charge in [-0.1, -0.05) is 0 Å². The number of furan rings is 1. The molecule has 0 aliphatic heterocycles. The van der Waals surface area contributed by atoms with Crippen LogP contribution >= 0.6 is 0 Å². The molecule has 0 amide bonds. The number of hydrogen-bond donors (Lipinski definition) is 1. The minimum absolute atomic E-state index is 0.159. The molecule has 0 radical (unpaired) electrons. The second kappa shape index (κ2) is 3.61. The van der Waals surface area contributed by atoms with Crippen molar-refractivity contribution < 1.29 is 14.3 Å². The van der Waals surface area contributed by atoms with Gasteiger partial charge in [0.15, 0.2) is 5.76 Å². The minimum atomic E-state index is -0.999. The van der Waals surface area contributed by atoms with E-state index < -0.39 is 5.97 Å². The second-order valence-electron chi connectivity index (χ2n) is 3.03. The zero-order valence-corrected chi connectivity index (χ0v) is 8.17. The third-order valence-electron chi connectivity index (χ3n) is 2.07. The van der Waals surface area contributed by atoms with Gasteiger partial charge < -0.3 is 9.52 Å². The van der Waals surface area contributed by atoms with Gasteiger partial charge in [0.2, 0.25) is 0 Å². The van der Waals surface area contributed by atoms with E-state index >= 15 is 0 Å². The van der Waals surface area contributed by atoms with Gasteiger partial charge >= 0.3 is 5.97 Å². The molecule has 78 valence electrons. The van der Waals surface area contributed by atoms with Gasteiger partial charge in [-0.05, 0) is 19.1 Å². The van der Waals surface area contributed by atoms with E-state index in [1.165, 1.54) is 12.5 Å². The highest BCUT2D eigenvalue weighted by molar-refractivity contribution is 5.93. The summed E-state index contributed by atoms with van der Waals surface area (Å²) in [6.45, 7) is 2.52. The van der Waals surface area contributed by atoms with Gasteiger partial charge in [-0.2, -0.15) is 5.10 Å². The fourth-order valence-corrected chi connectivity index (χ4v) is 1.34. The van der Waals surface area contributed by atoms with Crippen molar-refractivity contribution in [2.75, 3.05) is 0 Å². The summed E-state index contributed by atoms with van der Waals surface area (Å²) in [6.07, 6.45) is 2.99. The SMILES string of the molecule is CCn1cc(C(=O)O)c(-c2ccco2)n1. The maximum absolute atomic E-state index is 11.0. The van der Waals surface area contributed by atoms with Gasteiger partial charge in [0.1, 0.15) is 11.3 Å². The average Bonchev–Trinajstić information content (AvgIpc) is 2.86. The largest absolute Gasteiger partial charge is 0.478 e. The van der Waals surface area contributed by atoms with Crippen molar-refractivity contribution in [3.63, 3.8) is 0 Å². The van der Waals surface area contributed by atoms with Gasteiger partial charge in [0.25, 0.3) is 0 Å². The molecule has 2 aromatic rings.